The van der Waals surface area contributed by atoms with E-state index in [1.54, 1.807) is 0 Å². The molecular weight excluding hydrogens is 230 g/mol. The Balaban J connectivity index is 1.65. The van der Waals surface area contributed by atoms with Crippen LogP contribution in [0.4, 0.5) is 0 Å². The molecule has 102 valence electrons. The first kappa shape index (κ1) is 13.4. The van der Waals surface area contributed by atoms with E-state index in [-0.39, 0.29) is 17.9 Å². The van der Waals surface area contributed by atoms with Crippen LogP contribution in [0.25, 0.3) is 0 Å². The summed E-state index contributed by atoms with van der Waals surface area (Å²) in [5.74, 6) is 0.412. The van der Waals surface area contributed by atoms with Crippen LogP contribution in [0.1, 0.15) is 51.9 Å². The van der Waals surface area contributed by atoms with E-state index in [9.17, 15) is 9.59 Å². The van der Waals surface area contributed by atoms with Gasteiger partial charge in [-0.2, -0.15) is 0 Å². The molecule has 2 atom stereocenters. The number of hydrogen-bond donors (Lipinski definition) is 2. The second kappa shape index (κ2) is 5.72. The zero-order valence-corrected chi connectivity index (χ0v) is 11.0. The Hall–Kier alpha value is -1.06. The van der Waals surface area contributed by atoms with Crippen LogP contribution in [0.3, 0.4) is 0 Å². The Morgan fingerprint density at radius 2 is 1.94 bits per heavy atom. The van der Waals surface area contributed by atoms with E-state index in [4.69, 9.17) is 5.11 Å². The first-order chi connectivity index (χ1) is 8.54. The van der Waals surface area contributed by atoms with Crippen LogP contribution in [-0.4, -0.2) is 23.0 Å². The molecule has 0 radical (unpaired) electrons. The summed E-state index contributed by atoms with van der Waals surface area (Å²) in [6.07, 6.45) is 6.68. The van der Waals surface area contributed by atoms with E-state index in [0.29, 0.717) is 25.2 Å². The van der Waals surface area contributed by atoms with Crippen LogP contribution in [0.5, 0.6) is 0 Å². The maximum atomic E-state index is 11.8. The molecule has 2 saturated carbocycles. The molecular formula is C14H23NO3. The molecule has 0 aliphatic heterocycles. The number of aliphatic carboxylic acids is 1. The Bertz CT molecular complexity index is 323. The molecule has 2 N–H and O–H groups in total. The van der Waals surface area contributed by atoms with Gasteiger partial charge >= 0.3 is 5.97 Å². The topological polar surface area (TPSA) is 66.4 Å². The fourth-order valence-corrected chi connectivity index (χ4v) is 3.23. The van der Waals surface area contributed by atoms with Crippen molar-refractivity contribution < 1.29 is 14.7 Å². The normalized spacial score (nSPS) is 35.6. The van der Waals surface area contributed by atoms with Gasteiger partial charge in [-0.3, -0.25) is 9.59 Å². The van der Waals surface area contributed by atoms with Crippen molar-refractivity contribution >= 4 is 11.9 Å². The largest absolute Gasteiger partial charge is 0.481 e. The van der Waals surface area contributed by atoms with E-state index in [1.807, 2.05) is 0 Å². The van der Waals surface area contributed by atoms with E-state index >= 15 is 0 Å². The zero-order valence-electron chi connectivity index (χ0n) is 11.0. The lowest BCUT2D eigenvalue weighted by atomic mass is 9.79. The Morgan fingerprint density at radius 1 is 1.22 bits per heavy atom. The molecule has 0 spiro atoms. The summed E-state index contributed by atoms with van der Waals surface area (Å²) >= 11 is 0. The summed E-state index contributed by atoms with van der Waals surface area (Å²) in [6, 6.07) is 0.0969. The smallest absolute Gasteiger partial charge is 0.306 e. The van der Waals surface area contributed by atoms with Crippen molar-refractivity contribution in [3.63, 3.8) is 0 Å². The number of amides is 1. The summed E-state index contributed by atoms with van der Waals surface area (Å²) in [4.78, 5) is 22.5. The summed E-state index contributed by atoms with van der Waals surface area (Å²) in [5, 5.41) is 11.7. The zero-order chi connectivity index (χ0) is 13.1. The minimum Gasteiger partial charge on any atom is -0.481 e. The fraction of sp³-hybridized carbons (Fsp3) is 0.857. The monoisotopic (exact) mass is 253 g/mol. The third-order valence-electron chi connectivity index (χ3n) is 4.37. The van der Waals surface area contributed by atoms with E-state index in [0.717, 1.165) is 12.3 Å². The lowest BCUT2D eigenvalue weighted by Gasteiger charge is -2.33. The molecule has 2 aliphatic carbocycles. The molecule has 0 aromatic carbocycles. The van der Waals surface area contributed by atoms with Crippen LogP contribution in [0.15, 0.2) is 0 Å². The summed E-state index contributed by atoms with van der Waals surface area (Å²) in [6.45, 7) is 2.26. The lowest BCUT2D eigenvalue weighted by Crippen LogP contribution is -2.47. The maximum absolute atomic E-state index is 11.8. The maximum Gasteiger partial charge on any atom is 0.306 e. The van der Waals surface area contributed by atoms with Gasteiger partial charge in [0.1, 0.15) is 0 Å². The second-order valence-electron chi connectivity index (χ2n) is 6.11. The molecule has 4 heteroatoms. The van der Waals surface area contributed by atoms with E-state index in [1.165, 1.54) is 19.3 Å². The number of rotatable bonds is 4. The third kappa shape index (κ3) is 3.47. The van der Waals surface area contributed by atoms with Gasteiger partial charge in [0.05, 0.1) is 5.92 Å². The molecule has 2 fully saturated rings. The van der Waals surface area contributed by atoms with Crippen LogP contribution in [0.2, 0.25) is 0 Å². The average Bonchev–Trinajstić information content (AvgIpc) is 2.22. The molecule has 0 bridgehead atoms. The Kier molecular flexibility index (Phi) is 4.25. The average molecular weight is 253 g/mol. The van der Waals surface area contributed by atoms with Crippen molar-refractivity contribution in [1.82, 2.24) is 5.32 Å². The highest BCUT2D eigenvalue weighted by molar-refractivity contribution is 5.77. The highest BCUT2D eigenvalue weighted by Crippen LogP contribution is 2.31. The van der Waals surface area contributed by atoms with Gasteiger partial charge in [-0.1, -0.05) is 19.8 Å². The van der Waals surface area contributed by atoms with Crippen LogP contribution in [0, 0.1) is 17.8 Å². The molecule has 0 heterocycles. The van der Waals surface area contributed by atoms with Crippen molar-refractivity contribution in [2.75, 3.05) is 0 Å². The molecule has 0 aromatic rings. The van der Waals surface area contributed by atoms with Gasteiger partial charge in [-0.15, -0.1) is 0 Å². The molecule has 4 nitrogen and oxygen atoms in total. The molecule has 2 rings (SSSR count). The quantitative estimate of drug-likeness (QED) is 0.807. The van der Waals surface area contributed by atoms with Gasteiger partial charge in [0.25, 0.3) is 0 Å². The summed E-state index contributed by atoms with van der Waals surface area (Å²) in [5.41, 5.74) is 0. The SMILES string of the molecule is CC1CCCC(CC(=O)NC2CC(C(=O)O)C2)C1. The van der Waals surface area contributed by atoms with Gasteiger partial charge in [0.2, 0.25) is 5.91 Å². The predicted octanol–water partition coefficient (Wildman–Crippen LogP) is 2.18. The first-order valence-corrected chi connectivity index (χ1v) is 7.06. The number of nitrogens with one attached hydrogen (secondary N) is 1. The van der Waals surface area contributed by atoms with Gasteiger partial charge < -0.3 is 10.4 Å². The van der Waals surface area contributed by atoms with Gasteiger partial charge in [0, 0.05) is 12.5 Å². The number of carboxylic acid groups (broad SMARTS) is 1. The minimum absolute atomic E-state index is 0.0969. The van der Waals surface area contributed by atoms with E-state index in [2.05, 4.69) is 12.2 Å². The predicted molar refractivity (Wildman–Crippen MR) is 68.0 cm³/mol. The van der Waals surface area contributed by atoms with Gasteiger partial charge in [-0.25, -0.2) is 0 Å². The minimum atomic E-state index is -0.735. The van der Waals surface area contributed by atoms with E-state index < -0.39 is 5.97 Å². The molecule has 18 heavy (non-hydrogen) atoms. The summed E-state index contributed by atoms with van der Waals surface area (Å²) in [7, 11) is 0. The molecule has 1 amide bonds. The number of carbonyl (C=O) groups excluding carboxylic acids is 1. The van der Waals surface area contributed by atoms with Crippen molar-refractivity contribution in [3.05, 3.63) is 0 Å². The lowest BCUT2D eigenvalue weighted by molar-refractivity contribution is -0.146. The summed E-state index contributed by atoms with van der Waals surface area (Å²) < 4.78 is 0. The molecule has 2 unspecified atom stereocenters. The Morgan fingerprint density at radius 3 is 2.56 bits per heavy atom. The molecule has 0 saturated heterocycles. The van der Waals surface area contributed by atoms with Gasteiger partial charge in [0.15, 0.2) is 0 Å². The third-order valence-corrected chi connectivity index (χ3v) is 4.37. The highest BCUT2D eigenvalue weighted by Gasteiger charge is 2.35. The van der Waals surface area contributed by atoms with Crippen LogP contribution < -0.4 is 5.32 Å². The number of hydrogen-bond acceptors (Lipinski definition) is 2. The molecule has 2 aliphatic rings. The van der Waals surface area contributed by atoms with Crippen LogP contribution in [-0.2, 0) is 9.59 Å². The van der Waals surface area contributed by atoms with Crippen molar-refractivity contribution in [2.45, 2.75) is 57.9 Å². The Labute approximate surface area is 108 Å². The van der Waals surface area contributed by atoms with Crippen molar-refractivity contribution in [3.8, 4) is 0 Å². The van der Waals surface area contributed by atoms with Crippen molar-refractivity contribution in [2.24, 2.45) is 17.8 Å². The fourth-order valence-electron chi connectivity index (χ4n) is 3.23. The highest BCUT2D eigenvalue weighted by atomic mass is 16.4. The number of carbonyl (C=O) groups is 2. The number of carboxylic acids is 1. The standard InChI is InChI=1S/C14H23NO3/c1-9-3-2-4-10(5-9)6-13(16)15-12-7-11(8-12)14(17)18/h9-12H,2-8H2,1H3,(H,15,16)(H,17,18). The molecule has 0 aromatic heterocycles. The van der Waals surface area contributed by atoms with Crippen molar-refractivity contribution in [1.29, 1.82) is 0 Å². The van der Waals surface area contributed by atoms with Crippen LogP contribution >= 0.6 is 0 Å². The van der Waals surface area contributed by atoms with Gasteiger partial charge in [-0.05, 0) is 37.5 Å². The first-order valence-electron chi connectivity index (χ1n) is 7.06. The second-order valence-corrected chi connectivity index (χ2v) is 6.11.